The Balaban J connectivity index is 2.49. The van der Waals surface area contributed by atoms with Crippen LogP contribution in [0.2, 0.25) is 0 Å². The van der Waals surface area contributed by atoms with E-state index in [0.29, 0.717) is 11.5 Å². The van der Waals surface area contributed by atoms with Crippen LogP contribution < -0.4 is 4.72 Å². The van der Waals surface area contributed by atoms with Crippen molar-refractivity contribution in [3.05, 3.63) is 35.3 Å². The van der Waals surface area contributed by atoms with E-state index >= 15 is 0 Å². The first-order chi connectivity index (χ1) is 9.86. The lowest BCUT2D eigenvalue weighted by Gasteiger charge is -2.07. The Labute approximate surface area is 123 Å². The Kier molecular flexibility index (Phi) is 3.88. The minimum absolute atomic E-state index is 0.118. The molecular weight excluding hydrogens is 316 g/mol. The summed E-state index contributed by atoms with van der Waals surface area (Å²) in [6, 6.07) is 4.25. The number of carbonyl (C=O) groups is 1. The number of hydrogen-bond donors (Lipinski definition) is 2. The molecule has 0 bridgehead atoms. The second kappa shape index (κ2) is 5.47. The molecular formula is C11H8N4O4S2. The molecule has 0 amide bonds. The predicted octanol–water partition coefficient (Wildman–Crippen LogP) is 1.22. The van der Waals surface area contributed by atoms with Crippen LogP contribution in [0.25, 0.3) is 0 Å². The number of aromatic nitrogens is 2. The van der Waals surface area contributed by atoms with E-state index in [-0.39, 0.29) is 26.8 Å². The summed E-state index contributed by atoms with van der Waals surface area (Å²) in [6.07, 6.45) is 1.29. The van der Waals surface area contributed by atoms with Crippen LogP contribution in [0.5, 0.6) is 0 Å². The van der Waals surface area contributed by atoms with E-state index < -0.39 is 16.0 Å². The molecule has 0 fully saturated rings. The first-order valence-electron chi connectivity index (χ1n) is 5.44. The molecule has 21 heavy (non-hydrogen) atoms. The molecule has 2 heterocycles. The van der Waals surface area contributed by atoms with E-state index in [2.05, 4.69) is 14.1 Å². The fraction of sp³-hybridized carbons (Fsp3) is 0.0909. The van der Waals surface area contributed by atoms with Crippen LogP contribution in [0.15, 0.2) is 23.2 Å². The zero-order chi connectivity index (χ0) is 15.6. The molecule has 0 atom stereocenters. The molecule has 108 valence electrons. The maximum absolute atomic E-state index is 12.2. The number of anilines is 1. The zero-order valence-corrected chi connectivity index (χ0v) is 12.2. The molecule has 0 aliphatic carbocycles. The molecule has 0 spiro atoms. The van der Waals surface area contributed by atoms with Gasteiger partial charge >= 0.3 is 5.97 Å². The third-order valence-corrected chi connectivity index (χ3v) is 4.83. The van der Waals surface area contributed by atoms with Gasteiger partial charge in [-0.3, -0.25) is 4.72 Å². The van der Waals surface area contributed by atoms with E-state index in [1.54, 1.807) is 6.07 Å². The first kappa shape index (κ1) is 14.9. The lowest BCUT2D eigenvalue weighted by molar-refractivity contribution is 0.0697. The van der Waals surface area contributed by atoms with Crippen molar-refractivity contribution in [2.24, 2.45) is 0 Å². The summed E-state index contributed by atoms with van der Waals surface area (Å²) in [6.45, 7) is 1.46. The summed E-state index contributed by atoms with van der Waals surface area (Å²) >= 11 is 0.715. The van der Waals surface area contributed by atoms with Gasteiger partial charge in [0.25, 0.3) is 10.0 Å². The van der Waals surface area contributed by atoms with Gasteiger partial charge in [-0.05, 0) is 30.6 Å². The number of aromatic carboxylic acids is 1. The van der Waals surface area contributed by atoms with Crippen LogP contribution in [0.1, 0.15) is 21.7 Å². The van der Waals surface area contributed by atoms with Gasteiger partial charge in [-0.2, -0.15) is 9.64 Å². The molecule has 2 N–H and O–H groups in total. The molecule has 2 rings (SSSR count). The Morgan fingerprint density at radius 2 is 2.24 bits per heavy atom. The lowest BCUT2D eigenvalue weighted by atomic mass is 10.2. The van der Waals surface area contributed by atoms with Crippen molar-refractivity contribution < 1.29 is 18.3 Å². The molecule has 0 unspecified atom stereocenters. The molecule has 0 aliphatic heterocycles. The van der Waals surface area contributed by atoms with Crippen molar-refractivity contribution in [3.8, 4) is 6.07 Å². The zero-order valence-electron chi connectivity index (χ0n) is 10.6. The van der Waals surface area contributed by atoms with Gasteiger partial charge in [-0.15, -0.1) is 0 Å². The van der Waals surface area contributed by atoms with Crippen LogP contribution in [0.3, 0.4) is 0 Å². The standard InChI is InChI=1S/C11H8N4O4S2/c1-6-9(11(16)17)10(20-14-6)15-21(18,19)8-3-2-4-13-7(8)5-12/h2-4,15H,1H3,(H,16,17). The molecule has 0 aliphatic rings. The second-order valence-corrected chi connectivity index (χ2v) is 6.27. The average Bonchev–Trinajstić information content (AvgIpc) is 2.79. The van der Waals surface area contributed by atoms with Crippen molar-refractivity contribution in [2.75, 3.05) is 4.72 Å². The summed E-state index contributed by atoms with van der Waals surface area (Å²) in [5.41, 5.74) is -0.286. The number of rotatable bonds is 4. The van der Waals surface area contributed by atoms with Gasteiger partial charge in [0, 0.05) is 6.20 Å². The van der Waals surface area contributed by atoms with Crippen molar-refractivity contribution in [3.63, 3.8) is 0 Å². The summed E-state index contributed by atoms with van der Waals surface area (Å²) in [4.78, 5) is 14.5. The molecule has 2 aromatic heterocycles. The highest BCUT2D eigenvalue weighted by Gasteiger charge is 2.25. The van der Waals surface area contributed by atoms with Gasteiger partial charge in [0.1, 0.15) is 21.5 Å². The van der Waals surface area contributed by atoms with Gasteiger partial charge in [0.05, 0.1) is 5.69 Å². The highest BCUT2D eigenvalue weighted by Crippen LogP contribution is 2.27. The predicted molar refractivity (Wildman–Crippen MR) is 73.6 cm³/mol. The van der Waals surface area contributed by atoms with Gasteiger partial charge in [-0.25, -0.2) is 18.2 Å². The monoisotopic (exact) mass is 324 g/mol. The quantitative estimate of drug-likeness (QED) is 0.863. The van der Waals surface area contributed by atoms with Crippen LogP contribution >= 0.6 is 11.5 Å². The van der Waals surface area contributed by atoms with Crippen molar-refractivity contribution in [2.45, 2.75) is 11.8 Å². The van der Waals surface area contributed by atoms with E-state index in [4.69, 9.17) is 10.4 Å². The number of hydrogen-bond acceptors (Lipinski definition) is 7. The van der Waals surface area contributed by atoms with Crippen molar-refractivity contribution in [1.29, 1.82) is 5.26 Å². The number of pyridine rings is 1. The van der Waals surface area contributed by atoms with Crippen LogP contribution in [-0.2, 0) is 10.0 Å². The molecule has 0 saturated carbocycles. The summed E-state index contributed by atoms with van der Waals surface area (Å²) in [5, 5.41) is 17.8. The maximum Gasteiger partial charge on any atom is 0.340 e. The summed E-state index contributed by atoms with van der Waals surface area (Å²) in [5.74, 6) is -1.29. The number of nitrogens with zero attached hydrogens (tertiary/aromatic N) is 3. The van der Waals surface area contributed by atoms with Crippen LogP contribution in [-0.4, -0.2) is 28.9 Å². The second-order valence-electron chi connectivity index (χ2n) is 3.84. The fourth-order valence-corrected chi connectivity index (χ4v) is 3.75. The lowest BCUT2D eigenvalue weighted by Crippen LogP contribution is -2.16. The highest BCUT2D eigenvalue weighted by atomic mass is 32.2. The van der Waals surface area contributed by atoms with Crippen molar-refractivity contribution >= 4 is 32.5 Å². The molecule has 2 aromatic rings. The molecule has 10 heteroatoms. The molecule has 0 aromatic carbocycles. The number of nitriles is 1. The molecule has 8 nitrogen and oxygen atoms in total. The van der Waals surface area contributed by atoms with Crippen molar-refractivity contribution in [1.82, 2.24) is 9.36 Å². The number of carboxylic acid groups (broad SMARTS) is 1. The third-order valence-electron chi connectivity index (χ3n) is 2.47. The largest absolute Gasteiger partial charge is 0.478 e. The van der Waals surface area contributed by atoms with E-state index in [1.165, 1.54) is 25.3 Å². The number of sulfonamides is 1. The highest BCUT2D eigenvalue weighted by molar-refractivity contribution is 7.93. The van der Waals surface area contributed by atoms with Gasteiger partial charge in [0.2, 0.25) is 0 Å². The smallest absolute Gasteiger partial charge is 0.340 e. The normalized spacial score (nSPS) is 10.9. The number of carboxylic acids is 1. The maximum atomic E-state index is 12.2. The Morgan fingerprint density at radius 1 is 1.52 bits per heavy atom. The minimum Gasteiger partial charge on any atom is -0.478 e. The third kappa shape index (κ3) is 2.83. The van der Waals surface area contributed by atoms with Gasteiger partial charge < -0.3 is 5.11 Å². The first-order valence-corrected chi connectivity index (χ1v) is 7.70. The Hall–Kier alpha value is -2.51. The van der Waals surface area contributed by atoms with Gasteiger partial charge in [0.15, 0.2) is 5.69 Å². The van der Waals surface area contributed by atoms with E-state index in [1.807, 2.05) is 0 Å². The van der Waals surface area contributed by atoms with Gasteiger partial charge in [-0.1, -0.05) is 0 Å². The number of nitrogens with one attached hydrogen (secondary N) is 1. The van der Waals surface area contributed by atoms with E-state index in [9.17, 15) is 13.2 Å². The topological polar surface area (TPSA) is 133 Å². The Bertz CT molecular complexity index is 851. The molecule has 0 saturated heterocycles. The van der Waals surface area contributed by atoms with E-state index in [0.717, 1.165) is 0 Å². The SMILES string of the molecule is Cc1nsc(NS(=O)(=O)c2cccnc2C#N)c1C(=O)O. The van der Waals surface area contributed by atoms with Crippen LogP contribution in [0.4, 0.5) is 5.00 Å². The fourth-order valence-electron chi connectivity index (χ4n) is 1.56. The minimum atomic E-state index is -4.13. The average molecular weight is 324 g/mol. The Morgan fingerprint density at radius 3 is 2.86 bits per heavy atom. The molecule has 0 radical (unpaired) electrons. The number of aryl methyl sites for hydroxylation is 1. The summed E-state index contributed by atoms with van der Waals surface area (Å²) in [7, 11) is -4.13. The van der Waals surface area contributed by atoms with Crippen LogP contribution in [0, 0.1) is 18.3 Å². The summed E-state index contributed by atoms with van der Waals surface area (Å²) < 4.78 is 30.4.